The second-order valence-corrected chi connectivity index (χ2v) is 5.47. The fourth-order valence-electron chi connectivity index (χ4n) is 2.81. The Balaban J connectivity index is 2.20. The monoisotopic (exact) mass is 266 g/mol. The van der Waals surface area contributed by atoms with Crippen molar-refractivity contribution >= 4 is 0 Å². The maximum atomic E-state index is 13.4. The summed E-state index contributed by atoms with van der Waals surface area (Å²) < 4.78 is 18.8. The van der Waals surface area contributed by atoms with Gasteiger partial charge in [-0.2, -0.15) is 0 Å². The van der Waals surface area contributed by atoms with Crippen molar-refractivity contribution in [1.29, 1.82) is 0 Å². The molecule has 2 rings (SSSR count). The predicted octanol–water partition coefficient (Wildman–Crippen LogP) is 2.06. The van der Waals surface area contributed by atoms with Crippen LogP contribution < -0.4 is 10.1 Å². The Labute approximate surface area is 114 Å². The zero-order chi connectivity index (χ0) is 13.9. The van der Waals surface area contributed by atoms with Gasteiger partial charge >= 0.3 is 0 Å². The lowest BCUT2D eigenvalue weighted by Gasteiger charge is -2.41. The largest absolute Gasteiger partial charge is 0.496 e. The number of benzene rings is 1. The lowest BCUT2D eigenvalue weighted by atomic mass is 9.82. The molecule has 0 aromatic heterocycles. The molecule has 1 heterocycles. The second kappa shape index (κ2) is 5.88. The van der Waals surface area contributed by atoms with Crippen LogP contribution in [-0.4, -0.2) is 44.7 Å². The molecule has 19 heavy (non-hydrogen) atoms. The molecule has 1 aliphatic rings. The highest BCUT2D eigenvalue weighted by molar-refractivity contribution is 5.35. The number of piperidine rings is 1. The molecule has 106 valence electrons. The van der Waals surface area contributed by atoms with Crippen molar-refractivity contribution in [3.05, 3.63) is 29.6 Å². The smallest absolute Gasteiger partial charge is 0.123 e. The van der Waals surface area contributed by atoms with Gasteiger partial charge in [-0.05, 0) is 70.2 Å². The number of likely N-dealkylation sites (N-methyl/N-ethyl adjacent to an activating group) is 1. The molecule has 1 aliphatic heterocycles. The zero-order valence-corrected chi connectivity index (χ0v) is 12.0. The molecule has 1 aromatic rings. The number of hydrogen-bond donors (Lipinski definition) is 1. The Kier molecular flexibility index (Phi) is 4.42. The number of rotatable bonds is 4. The lowest BCUT2D eigenvalue weighted by Crippen LogP contribution is -2.52. The number of nitrogens with one attached hydrogen (secondary N) is 1. The Morgan fingerprint density at radius 3 is 2.63 bits per heavy atom. The van der Waals surface area contributed by atoms with E-state index in [9.17, 15) is 4.39 Å². The summed E-state index contributed by atoms with van der Waals surface area (Å²) in [5.41, 5.74) is 0.995. The number of nitrogens with zero attached hydrogens (tertiary/aromatic N) is 1. The Hall–Kier alpha value is -1.13. The van der Waals surface area contributed by atoms with Crippen LogP contribution in [0.25, 0.3) is 0 Å². The van der Waals surface area contributed by atoms with E-state index < -0.39 is 0 Å². The van der Waals surface area contributed by atoms with E-state index in [4.69, 9.17) is 4.74 Å². The van der Waals surface area contributed by atoms with Crippen molar-refractivity contribution in [3.63, 3.8) is 0 Å². The molecule has 0 amide bonds. The van der Waals surface area contributed by atoms with E-state index in [-0.39, 0.29) is 11.4 Å². The first-order valence-electron chi connectivity index (χ1n) is 6.78. The van der Waals surface area contributed by atoms with Crippen LogP contribution in [-0.2, 0) is 6.42 Å². The number of likely N-dealkylation sites (tertiary alicyclic amines) is 1. The molecule has 1 aromatic carbocycles. The summed E-state index contributed by atoms with van der Waals surface area (Å²) in [7, 11) is 5.77. The summed E-state index contributed by atoms with van der Waals surface area (Å²) in [5, 5.41) is 3.45. The molecule has 0 atom stereocenters. The van der Waals surface area contributed by atoms with Crippen LogP contribution in [0.1, 0.15) is 18.4 Å². The van der Waals surface area contributed by atoms with Crippen LogP contribution in [0.3, 0.4) is 0 Å². The van der Waals surface area contributed by atoms with Crippen LogP contribution >= 0.6 is 0 Å². The van der Waals surface area contributed by atoms with Crippen molar-refractivity contribution < 1.29 is 9.13 Å². The highest BCUT2D eigenvalue weighted by Crippen LogP contribution is 2.30. The minimum atomic E-state index is -0.199. The molecule has 3 nitrogen and oxygen atoms in total. The third kappa shape index (κ3) is 3.25. The maximum absolute atomic E-state index is 13.4. The average molecular weight is 266 g/mol. The fraction of sp³-hybridized carbons (Fsp3) is 0.600. The molecule has 1 N–H and O–H groups in total. The highest BCUT2D eigenvalue weighted by Gasteiger charge is 2.33. The van der Waals surface area contributed by atoms with Gasteiger partial charge in [-0.15, -0.1) is 0 Å². The topological polar surface area (TPSA) is 24.5 Å². The van der Waals surface area contributed by atoms with Crippen LogP contribution in [0, 0.1) is 5.82 Å². The quantitative estimate of drug-likeness (QED) is 0.903. The minimum absolute atomic E-state index is 0.0492. The van der Waals surface area contributed by atoms with E-state index in [0.717, 1.165) is 43.7 Å². The summed E-state index contributed by atoms with van der Waals surface area (Å²) in [4.78, 5) is 2.33. The summed E-state index contributed by atoms with van der Waals surface area (Å²) >= 11 is 0. The normalized spacial score (nSPS) is 19.4. The average Bonchev–Trinajstić information content (AvgIpc) is 2.42. The van der Waals surface area contributed by atoms with Gasteiger partial charge in [-0.3, -0.25) is 0 Å². The van der Waals surface area contributed by atoms with Crippen molar-refractivity contribution in [1.82, 2.24) is 10.2 Å². The molecular weight excluding hydrogens is 243 g/mol. The molecule has 0 radical (unpaired) electrons. The molecule has 0 spiro atoms. The first kappa shape index (κ1) is 14.3. The van der Waals surface area contributed by atoms with E-state index in [1.54, 1.807) is 19.2 Å². The van der Waals surface area contributed by atoms with Gasteiger partial charge in [0.15, 0.2) is 0 Å². The van der Waals surface area contributed by atoms with Crippen LogP contribution in [0.2, 0.25) is 0 Å². The summed E-state index contributed by atoms with van der Waals surface area (Å²) in [6, 6.07) is 4.75. The lowest BCUT2D eigenvalue weighted by molar-refractivity contribution is 0.163. The van der Waals surface area contributed by atoms with Gasteiger partial charge in [0.05, 0.1) is 7.11 Å². The third-order valence-corrected chi connectivity index (χ3v) is 4.25. The van der Waals surface area contributed by atoms with Crippen molar-refractivity contribution in [2.75, 3.05) is 34.3 Å². The highest BCUT2D eigenvalue weighted by atomic mass is 19.1. The number of halogens is 1. The molecule has 1 saturated heterocycles. The van der Waals surface area contributed by atoms with Gasteiger partial charge in [0, 0.05) is 5.54 Å². The maximum Gasteiger partial charge on any atom is 0.123 e. The molecular formula is C15H23FN2O. The van der Waals surface area contributed by atoms with Crippen molar-refractivity contribution in [2.24, 2.45) is 0 Å². The van der Waals surface area contributed by atoms with Gasteiger partial charge < -0.3 is 15.0 Å². The van der Waals surface area contributed by atoms with Crippen LogP contribution in [0.5, 0.6) is 5.75 Å². The van der Waals surface area contributed by atoms with Gasteiger partial charge in [-0.1, -0.05) is 0 Å². The Morgan fingerprint density at radius 1 is 1.37 bits per heavy atom. The van der Waals surface area contributed by atoms with E-state index in [0.29, 0.717) is 0 Å². The molecule has 0 aliphatic carbocycles. The molecule has 0 unspecified atom stereocenters. The van der Waals surface area contributed by atoms with Gasteiger partial charge in [0.25, 0.3) is 0 Å². The third-order valence-electron chi connectivity index (χ3n) is 4.25. The van der Waals surface area contributed by atoms with E-state index in [2.05, 4.69) is 17.3 Å². The summed E-state index contributed by atoms with van der Waals surface area (Å²) in [6.07, 6.45) is 2.94. The molecule has 0 bridgehead atoms. The Morgan fingerprint density at radius 2 is 2.05 bits per heavy atom. The number of methoxy groups -OCH3 is 1. The first-order chi connectivity index (χ1) is 9.08. The predicted molar refractivity (Wildman–Crippen MR) is 75.2 cm³/mol. The van der Waals surface area contributed by atoms with Gasteiger partial charge in [0.1, 0.15) is 11.6 Å². The number of hydrogen-bond acceptors (Lipinski definition) is 3. The summed E-state index contributed by atoms with van der Waals surface area (Å²) in [6.45, 7) is 2.14. The molecule has 4 heteroatoms. The van der Waals surface area contributed by atoms with Crippen LogP contribution in [0.15, 0.2) is 18.2 Å². The standard InChI is InChI=1S/C15H23FN2O/c1-17-15(6-8-18(2)9-7-15)11-12-10-13(16)4-5-14(12)19-3/h4-5,10,17H,6-9,11H2,1-3H3. The second-order valence-electron chi connectivity index (χ2n) is 5.47. The fourth-order valence-corrected chi connectivity index (χ4v) is 2.81. The first-order valence-corrected chi connectivity index (χ1v) is 6.78. The minimum Gasteiger partial charge on any atom is -0.496 e. The number of ether oxygens (including phenoxy) is 1. The SMILES string of the molecule is CNC1(Cc2cc(F)ccc2OC)CCN(C)CC1. The zero-order valence-electron chi connectivity index (χ0n) is 12.0. The Bertz CT molecular complexity index is 428. The van der Waals surface area contributed by atoms with Crippen LogP contribution in [0.4, 0.5) is 4.39 Å². The van der Waals surface area contributed by atoms with Crippen molar-refractivity contribution in [3.8, 4) is 5.75 Å². The van der Waals surface area contributed by atoms with E-state index >= 15 is 0 Å². The summed E-state index contributed by atoms with van der Waals surface area (Å²) in [5.74, 6) is 0.574. The van der Waals surface area contributed by atoms with Gasteiger partial charge in [0.2, 0.25) is 0 Å². The molecule has 0 saturated carbocycles. The van der Waals surface area contributed by atoms with E-state index in [1.807, 2.05) is 7.05 Å². The van der Waals surface area contributed by atoms with Gasteiger partial charge in [-0.25, -0.2) is 4.39 Å². The molecule has 1 fully saturated rings. The van der Waals surface area contributed by atoms with Crippen molar-refractivity contribution in [2.45, 2.75) is 24.8 Å². The van der Waals surface area contributed by atoms with E-state index in [1.165, 1.54) is 6.07 Å².